The van der Waals surface area contributed by atoms with Crippen molar-refractivity contribution in [3.8, 4) is 49.2 Å². The van der Waals surface area contributed by atoms with Gasteiger partial charge in [-0.25, -0.2) is 10.3 Å². The summed E-state index contributed by atoms with van der Waals surface area (Å²) >= 11 is 6.13. The van der Waals surface area contributed by atoms with Crippen LogP contribution in [0.4, 0.5) is 10.0 Å². The number of methoxy groups -OCH3 is 2. The second-order valence-electron chi connectivity index (χ2n) is 9.96. The van der Waals surface area contributed by atoms with Crippen LogP contribution >= 0.6 is 45.3 Å². The summed E-state index contributed by atoms with van der Waals surface area (Å²) in [7, 11) is 7.34. The van der Waals surface area contributed by atoms with Gasteiger partial charge in [-0.05, 0) is 24.3 Å². The molecule has 14 heteroatoms. The number of fused-ring (bicyclic) bond motifs is 6. The normalized spacial score (nSPS) is 11.5. The number of nitriles is 3. The minimum atomic E-state index is -0.213. The van der Waals surface area contributed by atoms with Crippen LogP contribution in [0.15, 0.2) is 46.4 Å². The number of nitrogens with zero attached hydrogens (tertiary/aromatic N) is 8. The van der Waals surface area contributed by atoms with E-state index in [9.17, 15) is 0 Å². The number of hydrogen-bond acceptors (Lipinski definition) is 11. The number of thiophene rings is 4. The third-order valence-corrected chi connectivity index (χ3v) is 12.3. The van der Waals surface area contributed by atoms with E-state index in [1.54, 1.807) is 49.0 Å². The largest absolute Gasteiger partial charge is 0.495 e. The zero-order valence-corrected chi connectivity index (χ0v) is 27.8. The molecule has 0 atom stereocenters. The Bertz CT molecular complexity index is 2430. The second kappa shape index (κ2) is 11.1. The van der Waals surface area contributed by atoms with Crippen molar-refractivity contribution in [2.45, 2.75) is 0 Å². The molecule has 6 aromatic heterocycles. The molecule has 0 unspecified atom stereocenters. The molecule has 0 N–H and O–H groups in total. The average molecular weight is 675 g/mol. The van der Waals surface area contributed by atoms with Gasteiger partial charge in [-0.1, -0.05) is 22.9 Å². The van der Waals surface area contributed by atoms with E-state index in [0.29, 0.717) is 21.5 Å². The molecule has 0 amide bonds. The SMILES string of the molecule is [C-]#[N+]C(C#N)=Nc1cc(OC)c(-c2cc3c(s2)c2cc4c(cc2n3C)c2sc(-c3sc(N=C(C#N)C#N)cc3OC)cc2n4C)s1. The van der Waals surface area contributed by atoms with Gasteiger partial charge in [0.05, 0.1) is 65.2 Å². The van der Waals surface area contributed by atoms with Gasteiger partial charge in [-0.3, -0.25) is 0 Å². The lowest BCUT2D eigenvalue weighted by Gasteiger charge is -2.02. The zero-order chi connectivity index (χ0) is 32.3. The maximum absolute atomic E-state index is 9.14. The monoisotopic (exact) mass is 674 g/mol. The highest BCUT2D eigenvalue weighted by atomic mass is 32.1. The van der Waals surface area contributed by atoms with Gasteiger partial charge in [-0.2, -0.15) is 10.5 Å². The third kappa shape index (κ3) is 4.44. The Hall–Kier alpha value is -5.48. The second-order valence-corrected chi connectivity index (χ2v) is 14.1. The van der Waals surface area contributed by atoms with Crippen molar-refractivity contribution in [3.05, 3.63) is 47.8 Å². The van der Waals surface area contributed by atoms with Gasteiger partial charge in [0.2, 0.25) is 10.7 Å². The van der Waals surface area contributed by atoms with Gasteiger partial charge in [0.15, 0.2) is 0 Å². The molecule has 0 radical (unpaired) electrons. The van der Waals surface area contributed by atoms with Gasteiger partial charge in [0, 0.05) is 37.0 Å². The molecular formula is C32H18N8O2S4. The van der Waals surface area contributed by atoms with Crippen molar-refractivity contribution in [1.82, 2.24) is 9.13 Å². The molecule has 46 heavy (non-hydrogen) atoms. The van der Waals surface area contributed by atoms with Gasteiger partial charge < -0.3 is 23.5 Å². The summed E-state index contributed by atoms with van der Waals surface area (Å²) < 4.78 is 18.0. The highest BCUT2D eigenvalue weighted by Gasteiger charge is 2.23. The standard InChI is InChI=1S/C32H18N8O2S4/c1-36-26(14-35)38-28-11-23(42-5)32(46-28)25-9-21-30(44-25)17-7-18-16(6-19(17)40(21)3)29-20(39(18)2)8-24(43-29)31-22(41-4)10-27(45-31)37-15(12-33)13-34/h6-11H,2-5H3. The van der Waals surface area contributed by atoms with Gasteiger partial charge >= 0.3 is 5.84 Å². The molecule has 10 nitrogen and oxygen atoms in total. The molecule has 0 fully saturated rings. The molecular weight excluding hydrogens is 657 g/mol. The predicted molar refractivity (Wildman–Crippen MR) is 188 cm³/mol. The van der Waals surface area contributed by atoms with Crippen LogP contribution in [0.2, 0.25) is 0 Å². The lowest BCUT2D eigenvalue weighted by atomic mass is 10.2. The smallest absolute Gasteiger partial charge is 0.350 e. The Morgan fingerprint density at radius 3 is 1.59 bits per heavy atom. The molecule has 7 rings (SSSR count). The van der Waals surface area contributed by atoms with E-state index in [-0.39, 0.29) is 11.5 Å². The molecule has 1 aromatic carbocycles. The van der Waals surface area contributed by atoms with Crippen LogP contribution < -0.4 is 9.47 Å². The lowest BCUT2D eigenvalue weighted by Crippen LogP contribution is -1.88. The van der Waals surface area contributed by atoms with Gasteiger partial charge in [0.25, 0.3) is 0 Å². The van der Waals surface area contributed by atoms with Crippen LogP contribution in [0.25, 0.3) is 66.6 Å². The number of amidine groups is 1. The predicted octanol–water partition coefficient (Wildman–Crippen LogP) is 9.17. The Labute approximate surface area is 277 Å². The van der Waals surface area contributed by atoms with Crippen LogP contribution in [-0.2, 0) is 14.1 Å². The Balaban J connectivity index is 1.35. The summed E-state index contributed by atoms with van der Waals surface area (Å²) in [5.41, 5.74) is 4.23. The van der Waals surface area contributed by atoms with E-state index in [4.69, 9.17) is 31.8 Å². The molecule has 6 heterocycles. The van der Waals surface area contributed by atoms with Crippen molar-refractivity contribution < 1.29 is 9.47 Å². The topological polar surface area (TPSA) is 129 Å². The first kappa shape index (κ1) is 29.2. The number of hydrogen-bond donors (Lipinski definition) is 0. The van der Waals surface area contributed by atoms with E-state index in [1.807, 2.05) is 18.2 Å². The van der Waals surface area contributed by atoms with Crippen molar-refractivity contribution in [3.63, 3.8) is 0 Å². The van der Waals surface area contributed by atoms with Gasteiger partial charge in [0.1, 0.15) is 34.7 Å². The first-order chi connectivity index (χ1) is 22.3. The number of aromatic nitrogens is 2. The number of rotatable bonds is 6. The molecule has 0 saturated carbocycles. The van der Waals surface area contributed by atoms with Crippen LogP contribution in [0, 0.1) is 40.6 Å². The highest BCUT2D eigenvalue weighted by Crippen LogP contribution is 2.51. The van der Waals surface area contributed by atoms with Gasteiger partial charge in [-0.15, -0.1) is 34.0 Å². The maximum atomic E-state index is 9.14. The van der Waals surface area contributed by atoms with Crippen molar-refractivity contribution >= 4 is 109 Å². The Kier molecular flexibility index (Phi) is 7.09. The molecule has 0 aliphatic heterocycles. The summed E-state index contributed by atoms with van der Waals surface area (Å²) in [5, 5.41) is 30.8. The van der Waals surface area contributed by atoms with Crippen LogP contribution in [0.5, 0.6) is 11.5 Å². The van der Waals surface area contributed by atoms with Crippen molar-refractivity contribution in [1.29, 1.82) is 15.8 Å². The van der Waals surface area contributed by atoms with E-state index in [0.717, 1.165) is 61.7 Å². The summed E-state index contributed by atoms with van der Waals surface area (Å²) in [6.45, 7) is 7.15. The summed E-state index contributed by atoms with van der Waals surface area (Å²) in [4.78, 5) is 15.4. The number of aliphatic imine (C=N–C) groups is 2. The summed E-state index contributed by atoms with van der Waals surface area (Å²) in [5.74, 6) is 1.09. The fourth-order valence-corrected chi connectivity index (χ4v) is 10.1. The molecule has 222 valence electrons. The molecule has 0 saturated heterocycles. The summed E-state index contributed by atoms with van der Waals surface area (Å²) in [6, 6.07) is 17.7. The minimum absolute atomic E-state index is 0.198. The molecule has 0 spiro atoms. The van der Waals surface area contributed by atoms with E-state index < -0.39 is 0 Å². The van der Waals surface area contributed by atoms with Crippen LogP contribution in [0.1, 0.15) is 0 Å². The third-order valence-electron chi connectivity index (χ3n) is 7.59. The Morgan fingerprint density at radius 2 is 1.17 bits per heavy atom. The first-order valence-electron chi connectivity index (χ1n) is 13.4. The van der Waals surface area contributed by atoms with Crippen LogP contribution in [0.3, 0.4) is 0 Å². The first-order valence-corrected chi connectivity index (χ1v) is 16.6. The minimum Gasteiger partial charge on any atom is -0.495 e. The molecule has 0 aliphatic carbocycles. The Morgan fingerprint density at radius 1 is 0.696 bits per heavy atom. The fraction of sp³-hybridized carbons (Fsp3) is 0.125. The zero-order valence-electron chi connectivity index (χ0n) is 24.5. The van der Waals surface area contributed by atoms with E-state index in [2.05, 4.69) is 62.3 Å². The van der Waals surface area contributed by atoms with Crippen molar-refractivity contribution in [2.75, 3.05) is 14.2 Å². The average Bonchev–Trinajstić information content (AvgIpc) is 3.91. The highest BCUT2D eigenvalue weighted by molar-refractivity contribution is 7.28. The van der Waals surface area contributed by atoms with Crippen LogP contribution in [-0.4, -0.2) is 34.9 Å². The maximum Gasteiger partial charge on any atom is 0.350 e. The van der Waals surface area contributed by atoms with Crippen molar-refractivity contribution in [2.24, 2.45) is 24.1 Å². The quantitative estimate of drug-likeness (QED) is 0.0987. The summed E-state index contributed by atoms with van der Waals surface area (Å²) in [6.07, 6.45) is 0. The van der Waals surface area contributed by atoms with E-state index >= 15 is 0 Å². The van der Waals surface area contributed by atoms with E-state index in [1.165, 1.54) is 22.7 Å². The number of benzene rings is 1. The number of ether oxygens (including phenoxy) is 2. The molecule has 0 aliphatic rings. The molecule has 0 bridgehead atoms. The lowest BCUT2D eigenvalue weighted by molar-refractivity contribution is 0.418. The molecule has 7 aromatic rings. The fourth-order valence-electron chi connectivity index (χ4n) is 5.47. The number of aryl methyl sites for hydroxylation is 2.